The van der Waals surface area contributed by atoms with E-state index < -0.39 is 14.5 Å². The summed E-state index contributed by atoms with van der Waals surface area (Å²) < 4.78 is 81.5. The molecule has 0 bridgehead atoms. The highest BCUT2D eigenvalue weighted by atomic mass is 19.5. The van der Waals surface area contributed by atoms with E-state index in [1.165, 1.54) is 4.85 Å². The molecule has 0 fully saturated rings. The summed E-state index contributed by atoms with van der Waals surface area (Å²) in [5.74, 6) is 0. The molecule has 1 heterocycles. The summed E-state index contributed by atoms with van der Waals surface area (Å²) in [5.41, 5.74) is 1.65. The molecule has 202 valence electrons. The zero-order valence-corrected chi connectivity index (χ0v) is 20.5. The van der Waals surface area contributed by atoms with Crippen molar-refractivity contribution in [2.24, 2.45) is 0 Å². The van der Waals surface area contributed by atoms with Gasteiger partial charge in [0.1, 0.15) is 11.0 Å². The smallest absolute Gasteiger partial charge is 0.447 e. The number of rotatable bonds is 1. The highest BCUT2D eigenvalue weighted by molar-refractivity contribution is 6.50. The Morgan fingerprint density at radius 1 is 0.829 bits per heavy atom. The van der Waals surface area contributed by atoms with Crippen LogP contribution >= 0.6 is 0 Å². The Hall–Kier alpha value is -3.27. The second kappa shape index (κ2) is 14.9. The van der Waals surface area contributed by atoms with Crippen molar-refractivity contribution in [3.05, 3.63) is 24.3 Å². The number of aliphatic hydroxyl groups is 1. The zero-order valence-electron chi connectivity index (χ0n) is 20.5. The van der Waals surface area contributed by atoms with Crippen molar-refractivity contribution in [1.82, 2.24) is 25.0 Å². The van der Waals surface area contributed by atoms with Crippen molar-refractivity contribution < 1.29 is 53.6 Å². The molecule has 1 aromatic carbocycles. The van der Waals surface area contributed by atoms with E-state index in [9.17, 15) is 34.5 Å². The number of fused-ring (bicyclic) bond motifs is 1. The molecule has 1 aromatic heterocycles. The Bertz CT molecular complexity index is 931. The number of aliphatic hydroxyl groups excluding tert-OH is 1. The molecule has 1 N–H and O–H groups in total. The number of hydrogen-bond acceptors (Lipinski definition) is 3. The van der Waals surface area contributed by atoms with Crippen molar-refractivity contribution in [1.29, 1.82) is 0 Å². The number of para-hydroxylation sites is 1. The molecule has 2 rings (SSSR count). The topological polar surface area (TPSA) is 72.7 Å². The maximum atomic E-state index is 9.75. The van der Waals surface area contributed by atoms with E-state index >= 15 is 0 Å². The van der Waals surface area contributed by atoms with Crippen LogP contribution in [0.2, 0.25) is 0 Å². The molecule has 0 aliphatic rings. The Kier molecular flexibility index (Phi) is 14.4. The van der Waals surface area contributed by atoms with Gasteiger partial charge in [0.05, 0.1) is 56.4 Å². The lowest BCUT2D eigenvalue weighted by Gasteiger charge is -2.10. The van der Waals surface area contributed by atoms with Gasteiger partial charge in [-0.05, 0) is 17.3 Å². The van der Waals surface area contributed by atoms with Crippen LogP contribution in [0.1, 0.15) is 0 Å². The number of nitrogens with zero attached hydrogens (tertiary/aromatic N) is 7. The fraction of sp³-hybridized carbons (Fsp3) is 0.500. The molecule has 2 aromatic rings. The third kappa shape index (κ3) is 18.8. The monoisotopic (exact) mass is 525 g/mol. The van der Waals surface area contributed by atoms with Crippen LogP contribution in [0.25, 0.3) is 11.0 Å². The second-order valence-corrected chi connectivity index (χ2v) is 7.19. The predicted octanol–water partition coefficient (Wildman–Crippen LogP) is 2.38. The van der Waals surface area contributed by atoms with Crippen molar-refractivity contribution in [2.45, 2.75) is 0 Å². The van der Waals surface area contributed by atoms with Gasteiger partial charge in [0.2, 0.25) is 0 Å². The molecule has 0 aliphatic heterocycles. The SMILES string of the molecule is CN(C)C(O)=[N+](C)C.CN(C)C(On1nnc2ccccc21)=[N+](C)C.F[B-](F)(F)F.F[B-](F)(F)F. The molecule has 0 aliphatic carbocycles. The minimum absolute atomic E-state index is 0.269. The number of hydrogen-bond donors (Lipinski definition) is 1. The first-order chi connectivity index (χ1) is 15.6. The summed E-state index contributed by atoms with van der Waals surface area (Å²) in [7, 11) is 2.79. The van der Waals surface area contributed by atoms with Crippen LogP contribution in [0.5, 0.6) is 0 Å². The molecule has 0 amide bonds. The lowest BCUT2D eigenvalue weighted by atomic mass is 10.3. The fourth-order valence-electron chi connectivity index (χ4n) is 1.96. The molecule has 35 heavy (non-hydrogen) atoms. The summed E-state index contributed by atoms with van der Waals surface area (Å²) in [6.45, 7) is 0. The van der Waals surface area contributed by atoms with Crippen molar-refractivity contribution in [2.75, 3.05) is 56.4 Å². The number of amidine groups is 2. The van der Waals surface area contributed by atoms with Gasteiger partial charge in [0, 0.05) is 0 Å². The maximum absolute atomic E-state index is 9.75. The molecule has 0 spiro atoms. The van der Waals surface area contributed by atoms with Crippen molar-refractivity contribution in [3.8, 4) is 0 Å². The van der Waals surface area contributed by atoms with Gasteiger partial charge >= 0.3 is 26.6 Å². The molecule has 0 radical (unpaired) electrons. The standard InChI is InChI=1S/C11H16N5O.C5H12N2O.2BF4/c1-14(2)11(15(3)4)17-16-10-8-6-5-7-9(10)12-13-16;1-6(2)5(8)7(3)4;2*2-1(3,4)5/h5-8H,1-4H3;1-4H3;;/q+1;;2*-1/p+1. The van der Waals surface area contributed by atoms with Gasteiger partial charge in [-0.3, -0.25) is 4.84 Å². The molecule has 0 saturated heterocycles. The van der Waals surface area contributed by atoms with Crippen LogP contribution in [0.4, 0.5) is 34.5 Å². The molecule has 0 atom stereocenters. The quantitative estimate of drug-likeness (QED) is 0.203. The van der Waals surface area contributed by atoms with Gasteiger partial charge in [0.25, 0.3) is 0 Å². The van der Waals surface area contributed by atoms with Crippen LogP contribution in [-0.2, 0) is 0 Å². The lowest BCUT2D eigenvalue weighted by molar-refractivity contribution is -0.480. The molecule has 9 nitrogen and oxygen atoms in total. The van der Waals surface area contributed by atoms with Gasteiger partial charge in [-0.1, -0.05) is 17.0 Å². The van der Waals surface area contributed by atoms with Crippen LogP contribution < -0.4 is 4.84 Å². The summed E-state index contributed by atoms with van der Waals surface area (Å²) >= 11 is 0. The van der Waals surface area contributed by atoms with Gasteiger partial charge < -0.3 is 39.6 Å². The average molecular weight is 525 g/mol. The van der Waals surface area contributed by atoms with Crippen LogP contribution in [0.15, 0.2) is 24.3 Å². The fourth-order valence-corrected chi connectivity index (χ4v) is 1.96. The largest absolute Gasteiger partial charge is 0.673 e. The number of halogens is 8. The molecule has 0 unspecified atom stereocenters. The predicted molar refractivity (Wildman–Crippen MR) is 119 cm³/mol. The summed E-state index contributed by atoms with van der Waals surface area (Å²) in [5, 5.41) is 17.0. The van der Waals surface area contributed by atoms with Crippen LogP contribution in [-0.4, -0.2) is 122 Å². The first kappa shape index (κ1) is 33.9. The normalized spacial score (nSPS) is 10.4. The highest BCUT2D eigenvalue weighted by Crippen LogP contribution is 2.08. The van der Waals surface area contributed by atoms with E-state index in [1.54, 1.807) is 37.7 Å². The molecular formula is C16H29B2F8N7O2. The minimum atomic E-state index is -6.00. The summed E-state index contributed by atoms with van der Waals surface area (Å²) in [6, 6.07) is 8.61. The molecule has 19 heteroatoms. The van der Waals surface area contributed by atoms with Gasteiger partial charge in [0.15, 0.2) is 0 Å². The number of aromatic nitrogens is 3. The Balaban J connectivity index is 0. The Labute approximate surface area is 197 Å². The van der Waals surface area contributed by atoms with Crippen LogP contribution in [0, 0.1) is 0 Å². The molecule has 0 saturated carbocycles. The van der Waals surface area contributed by atoms with Crippen molar-refractivity contribution >= 4 is 37.6 Å². The van der Waals surface area contributed by atoms with Gasteiger partial charge in [-0.2, -0.15) is 0 Å². The van der Waals surface area contributed by atoms with E-state index in [-0.39, 0.29) is 6.02 Å². The van der Waals surface area contributed by atoms with E-state index in [4.69, 9.17) is 9.94 Å². The molecular weight excluding hydrogens is 496 g/mol. The lowest BCUT2D eigenvalue weighted by Crippen LogP contribution is -2.39. The van der Waals surface area contributed by atoms with Crippen molar-refractivity contribution in [3.63, 3.8) is 0 Å². The third-order valence-corrected chi connectivity index (χ3v) is 3.05. The van der Waals surface area contributed by atoms with Crippen LogP contribution in [0.3, 0.4) is 0 Å². The van der Waals surface area contributed by atoms with Gasteiger partial charge in [-0.15, -0.1) is 5.10 Å². The van der Waals surface area contributed by atoms with E-state index in [0.717, 1.165) is 11.0 Å². The second-order valence-electron chi connectivity index (χ2n) is 7.19. The summed E-state index contributed by atoms with van der Waals surface area (Å²) in [4.78, 5) is 10.6. The average Bonchev–Trinajstić information content (AvgIpc) is 3.05. The van der Waals surface area contributed by atoms with Gasteiger partial charge in [-0.25, -0.2) is 19.0 Å². The van der Waals surface area contributed by atoms with E-state index in [0.29, 0.717) is 6.02 Å². The zero-order chi connectivity index (χ0) is 28.1. The van der Waals surface area contributed by atoms with E-state index in [2.05, 4.69) is 10.3 Å². The first-order valence-corrected chi connectivity index (χ1v) is 9.50. The summed E-state index contributed by atoms with van der Waals surface area (Å²) in [6.07, 6.45) is 0. The Morgan fingerprint density at radius 3 is 1.57 bits per heavy atom. The third-order valence-electron chi connectivity index (χ3n) is 3.05. The Morgan fingerprint density at radius 2 is 1.26 bits per heavy atom. The number of benzene rings is 1. The minimum Gasteiger partial charge on any atom is -0.447 e. The maximum Gasteiger partial charge on any atom is 0.673 e. The first-order valence-electron chi connectivity index (χ1n) is 9.50. The highest BCUT2D eigenvalue weighted by Gasteiger charge is 2.21. The van der Waals surface area contributed by atoms with E-state index in [1.807, 2.05) is 61.9 Å².